The fraction of sp³-hybridized carbons (Fsp3) is 0.375. The zero-order valence-electron chi connectivity index (χ0n) is 15.5. The van der Waals surface area contributed by atoms with Crippen molar-refractivity contribution in [2.45, 2.75) is 11.4 Å². The fourth-order valence-corrected chi connectivity index (χ4v) is 4.20. The largest absolute Gasteiger partial charge is 0.495 e. The molecule has 0 unspecified atom stereocenters. The van der Waals surface area contributed by atoms with Gasteiger partial charge in [0.15, 0.2) is 0 Å². The number of nitrogens with zero attached hydrogens (tertiary/aromatic N) is 4. The second-order valence-corrected chi connectivity index (χ2v) is 8.03. The molecule has 1 aliphatic heterocycles. The average molecular weight is 425 g/mol. The first-order valence-electron chi connectivity index (χ1n) is 8.53. The lowest BCUT2D eigenvalue weighted by atomic mass is 10.3. The number of rotatable bonds is 7. The van der Waals surface area contributed by atoms with Crippen LogP contribution in [-0.2, 0) is 26.1 Å². The van der Waals surface area contributed by atoms with Crippen LogP contribution in [-0.4, -0.2) is 66.5 Å². The molecular weight excluding hydrogens is 406 g/mol. The number of benzene rings is 1. The van der Waals surface area contributed by atoms with Crippen LogP contribution in [0, 0.1) is 10.1 Å². The van der Waals surface area contributed by atoms with Crippen molar-refractivity contribution in [3.63, 3.8) is 0 Å². The molecule has 2 heterocycles. The third-order valence-corrected chi connectivity index (χ3v) is 6.08. The number of hydrogen-bond donors (Lipinski definition) is 1. The molecule has 0 spiro atoms. The van der Waals surface area contributed by atoms with Crippen molar-refractivity contribution < 1.29 is 27.6 Å². The molecular formula is C16H19N5O7S. The Morgan fingerprint density at radius 1 is 1.38 bits per heavy atom. The molecule has 0 aliphatic carbocycles. The minimum atomic E-state index is -3.75. The van der Waals surface area contributed by atoms with Crippen molar-refractivity contribution in [2.75, 3.05) is 38.7 Å². The normalized spacial score (nSPS) is 15.1. The molecule has 0 bridgehead atoms. The van der Waals surface area contributed by atoms with Crippen molar-refractivity contribution in [2.24, 2.45) is 0 Å². The van der Waals surface area contributed by atoms with E-state index in [1.165, 1.54) is 34.2 Å². The molecule has 0 atom stereocenters. The van der Waals surface area contributed by atoms with E-state index in [4.69, 9.17) is 9.47 Å². The maximum Gasteiger partial charge on any atom is 0.381 e. The highest BCUT2D eigenvalue weighted by Crippen LogP contribution is 2.29. The van der Waals surface area contributed by atoms with E-state index in [1.807, 2.05) is 0 Å². The number of aromatic nitrogens is 2. The number of anilines is 1. The van der Waals surface area contributed by atoms with Gasteiger partial charge in [-0.15, -0.1) is 0 Å². The summed E-state index contributed by atoms with van der Waals surface area (Å²) in [5, 5.41) is 13.3. The smallest absolute Gasteiger partial charge is 0.381 e. The highest BCUT2D eigenvalue weighted by Gasteiger charge is 2.27. The Hall–Kier alpha value is -3.03. The highest BCUT2D eigenvalue weighted by atomic mass is 32.2. The number of nitrogens with one attached hydrogen (secondary N) is 1. The molecule has 1 aliphatic rings. The molecule has 156 valence electrons. The Labute approximate surface area is 166 Å². The monoisotopic (exact) mass is 425 g/mol. The van der Waals surface area contributed by atoms with Gasteiger partial charge in [-0.1, -0.05) is 0 Å². The van der Waals surface area contributed by atoms with Crippen LogP contribution in [0.4, 0.5) is 11.5 Å². The quantitative estimate of drug-likeness (QED) is 0.497. The number of nitro groups is 1. The van der Waals surface area contributed by atoms with Gasteiger partial charge in [0.1, 0.15) is 18.5 Å². The van der Waals surface area contributed by atoms with E-state index >= 15 is 0 Å². The van der Waals surface area contributed by atoms with Crippen LogP contribution in [0.5, 0.6) is 5.75 Å². The number of imidazole rings is 1. The molecule has 29 heavy (non-hydrogen) atoms. The van der Waals surface area contributed by atoms with Crippen LogP contribution < -0.4 is 10.1 Å². The minimum absolute atomic E-state index is 0.00812. The Morgan fingerprint density at radius 2 is 2.10 bits per heavy atom. The number of carbonyl (C=O) groups is 1. The molecule has 3 rings (SSSR count). The van der Waals surface area contributed by atoms with Gasteiger partial charge < -0.3 is 29.5 Å². The van der Waals surface area contributed by atoms with Crippen molar-refractivity contribution in [1.82, 2.24) is 13.9 Å². The zero-order chi connectivity index (χ0) is 21.0. The third-order valence-electron chi connectivity index (χ3n) is 4.19. The number of carbonyl (C=O) groups excluding carboxylic acids is 1. The lowest BCUT2D eigenvalue weighted by Crippen LogP contribution is -2.40. The zero-order valence-corrected chi connectivity index (χ0v) is 16.3. The number of methoxy groups -OCH3 is 1. The summed E-state index contributed by atoms with van der Waals surface area (Å²) in [7, 11) is -2.36. The van der Waals surface area contributed by atoms with Gasteiger partial charge in [0.05, 0.1) is 30.9 Å². The predicted molar refractivity (Wildman–Crippen MR) is 100 cm³/mol. The summed E-state index contributed by atoms with van der Waals surface area (Å²) in [5.41, 5.74) is 0.168. The van der Waals surface area contributed by atoms with E-state index in [0.29, 0.717) is 13.2 Å². The second-order valence-electron chi connectivity index (χ2n) is 6.09. The summed E-state index contributed by atoms with van der Waals surface area (Å²) in [5.74, 6) is -0.638. The molecule has 1 saturated heterocycles. The van der Waals surface area contributed by atoms with Crippen LogP contribution in [0.15, 0.2) is 35.6 Å². The molecule has 0 saturated carbocycles. The van der Waals surface area contributed by atoms with E-state index < -0.39 is 20.9 Å². The molecule has 13 heteroatoms. The SMILES string of the molecule is COc1ccc(S(=O)(=O)N2CCOCC2)cc1NC(=O)Cn1cnc([N+](=O)[O-])c1. The van der Waals surface area contributed by atoms with Crippen molar-refractivity contribution in [3.8, 4) is 5.75 Å². The van der Waals surface area contributed by atoms with Crippen LogP contribution in [0.25, 0.3) is 0 Å². The van der Waals surface area contributed by atoms with Crippen molar-refractivity contribution >= 4 is 27.4 Å². The van der Waals surface area contributed by atoms with Gasteiger partial charge in [-0.2, -0.15) is 4.31 Å². The number of ether oxygens (including phenoxy) is 2. The number of sulfonamides is 1. The average Bonchev–Trinajstić information content (AvgIpc) is 3.17. The van der Waals surface area contributed by atoms with Crippen LogP contribution >= 0.6 is 0 Å². The lowest BCUT2D eigenvalue weighted by Gasteiger charge is -2.26. The van der Waals surface area contributed by atoms with Crippen LogP contribution in [0.3, 0.4) is 0 Å². The van der Waals surface area contributed by atoms with E-state index in [-0.39, 0.29) is 41.8 Å². The predicted octanol–water partition coefficient (Wildman–Crippen LogP) is 0.460. The standard InChI is InChI=1S/C16H19N5O7S/c1-27-14-3-2-12(29(25,26)20-4-6-28-7-5-20)8-13(14)18-16(22)10-19-9-15(17-11-19)21(23)24/h2-3,8-9,11H,4-7,10H2,1H3,(H,18,22). The molecule has 1 amide bonds. The summed E-state index contributed by atoms with van der Waals surface area (Å²) >= 11 is 0. The van der Waals surface area contributed by atoms with Crippen molar-refractivity contribution in [1.29, 1.82) is 0 Å². The van der Waals surface area contributed by atoms with E-state index in [1.54, 1.807) is 0 Å². The summed E-state index contributed by atoms with van der Waals surface area (Å²) in [6.07, 6.45) is 2.28. The topological polar surface area (TPSA) is 146 Å². The van der Waals surface area contributed by atoms with E-state index in [0.717, 1.165) is 12.5 Å². The number of amides is 1. The van der Waals surface area contributed by atoms with Gasteiger partial charge in [-0.25, -0.2) is 8.42 Å². The summed E-state index contributed by atoms with van der Waals surface area (Å²) in [6.45, 7) is 0.876. The van der Waals surface area contributed by atoms with Crippen LogP contribution in [0.1, 0.15) is 0 Å². The van der Waals surface area contributed by atoms with Crippen LogP contribution in [0.2, 0.25) is 0 Å². The van der Waals surface area contributed by atoms with Gasteiger partial charge in [-0.3, -0.25) is 4.79 Å². The molecule has 12 nitrogen and oxygen atoms in total. The van der Waals surface area contributed by atoms with Gasteiger partial charge in [-0.05, 0) is 28.1 Å². The van der Waals surface area contributed by atoms with Gasteiger partial charge in [0, 0.05) is 13.1 Å². The Morgan fingerprint density at radius 3 is 2.72 bits per heavy atom. The van der Waals surface area contributed by atoms with E-state index in [9.17, 15) is 23.3 Å². The van der Waals surface area contributed by atoms with Crippen molar-refractivity contribution in [3.05, 3.63) is 40.8 Å². The minimum Gasteiger partial charge on any atom is -0.495 e. The summed E-state index contributed by atoms with van der Waals surface area (Å²) in [6, 6.07) is 4.17. The molecule has 1 aromatic carbocycles. The molecule has 1 fully saturated rings. The molecule has 2 aromatic rings. The number of morpholine rings is 1. The Balaban J connectivity index is 1.79. The summed E-state index contributed by atoms with van der Waals surface area (Å²) in [4.78, 5) is 25.9. The Kier molecular flexibility index (Phi) is 6.10. The fourth-order valence-electron chi connectivity index (χ4n) is 2.77. The van der Waals surface area contributed by atoms with E-state index in [2.05, 4.69) is 10.3 Å². The maximum absolute atomic E-state index is 12.8. The second kappa shape index (κ2) is 8.55. The highest BCUT2D eigenvalue weighted by molar-refractivity contribution is 7.89. The lowest BCUT2D eigenvalue weighted by molar-refractivity contribution is -0.389. The van der Waals surface area contributed by atoms with Gasteiger partial charge >= 0.3 is 5.82 Å². The van der Waals surface area contributed by atoms with Gasteiger partial charge in [0.2, 0.25) is 22.3 Å². The molecule has 1 N–H and O–H groups in total. The van der Waals surface area contributed by atoms with Gasteiger partial charge in [0.25, 0.3) is 0 Å². The summed E-state index contributed by atoms with van der Waals surface area (Å²) < 4.78 is 38.6. The maximum atomic E-state index is 12.8. The first-order chi connectivity index (χ1) is 13.8. The number of hydrogen-bond acceptors (Lipinski definition) is 8. The first-order valence-corrected chi connectivity index (χ1v) is 9.97. The Bertz CT molecular complexity index is 1010. The first kappa shape index (κ1) is 20.7. The molecule has 1 aromatic heterocycles. The third kappa shape index (κ3) is 4.70. The molecule has 0 radical (unpaired) electrons.